The summed E-state index contributed by atoms with van der Waals surface area (Å²) < 4.78 is 5.41. The van der Waals surface area contributed by atoms with Crippen LogP contribution in [0.5, 0.6) is 0 Å². The van der Waals surface area contributed by atoms with Crippen molar-refractivity contribution < 1.29 is 9.53 Å². The molecule has 3 unspecified atom stereocenters. The maximum Gasteiger partial charge on any atom is 0.227 e. The number of carbonyl (C=O) groups is 1. The van der Waals surface area contributed by atoms with Crippen LogP contribution >= 0.6 is 0 Å². The fraction of sp³-hybridized carbons (Fsp3) is 0.611. The van der Waals surface area contributed by atoms with Gasteiger partial charge in [-0.3, -0.25) is 9.69 Å². The van der Waals surface area contributed by atoms with E-state index < -0.39 is 0 Å². The van der Waals surface area contributed by atoms with Gasteiger partial charge in [0.05, 0.1) is 19.1 Å². The third kappa shape index (κ3) is 3.74. The lowest BCUT2D eigenvalue weighted by molar-refractivity contribution is -0.134. The van der Waals surface area contributed by atoms with E-state index in [-0.39, 0.29) is 17.9 Å². The molecule has 23 heavy (non-hydrogen) atoms. The van der Waals surface area contributed by atoms with E-state index in [1.807, 2.05) is 42.2 Å². The number of ether oxygens (including phenoxy) is 1. The maximum atomic E-state index is 12.8. The zero-order valence-electron chi connectivity index (χ0n) is 13.9. The molecule has 0 aliphatic carbocycles. The topological polar surface area (TPSA) is 58.8 Å². The third-order valence-corrected chi connectivity index (χ3v) is 5.15. The summed E-state index contributed by atoms with van der Waals surface area (Å²) in [7, 11) is 0. The van der Waals surface area contributed by atoms with Crippen LogP contribution in [0.3, 0.4) is 0 Å². The van der Waals surface area contributed by atoms with Crippen molar-refractivity contribution in [3.05, 3.63) is 35.9 Å². The van der Waals surface area contributed by atoms with Crippen LogP contribution in [0.4, 0.5) is 0 Å². The number of hydrogen-bond donors (Lipinski definition) is 1. The molecule has 1 aromatic rings. The number of benzene rings is 1. The van der Waals surface area contributed by atoms with E-state index in [0.717, 1.165) is 51.4 Å². The Morgan fingerprint density at radius 3 is 2.61 bits per heavy atom. The van der Waals surface area contributed by atoms with Crippen molar-refractivity contribution in [3.8, 4) is 0 Å². The summed E-state index contributed by atoms with van der Waals surface area (Å²) in [5, 5.41) is 0. The molecule has 0 aromatic heterocycles. The van der Waals surface area contributed by atoms with E-state index in [9.17, 15) is 4.79 Å². The molecule has 3 atom stereocenters. The van der Waals surface area contributed by atoms with Crippen molar-refractivity contribution in [2.75, 3.05) is 39.4 Å². The van der Waals surface area contributed by atoms with Crippen molar-refractivity contribution in [3.63, 3.8) is 0 Å². The van der Waals surface area contributed by atoms with Gasteiger partial charge in [-0.25, -0.2) is 0 Å². The SMILES string of the molecule is CC(C(=O)N1CCC(N2CCOCC2)C1)C(N)c1ccccc1. The van der Waals surface area contributed by atoms with Gasteiger partial charge in [0.15, 0.2) is 0 Å². The number of nitrogens with two attached hydrogens (primary N) is 1. The summed E-state index contributed by atoms with van der Waals surface area (Å²) in [5.41, 5.74) is 7.34. The molecule has 2 aliphatic heterocycles. The molecule has 2 aliphatic rings. The standard InChI is InChI=1S/C18H27N3O2/c1-14(17(19)15-5-3-2-4-6-15)18(22)21-8-7-16(13-21)20-9-11-23-12-10-20/h2-6,14,16-17H,7-13,19H2,1H3. The lowest BCUT2D eigenvalue weighted by Crippen LogP contribution is -2.46. The molecule has 1 aromatic carbocycles. The van der Waals surface area contributed by atoms with E-state index >= 15 is 0 Å². The summed E-state index contributed by atoms with van der Waals surface area (Å²) in [5.74, 6) is -0.0158. The molecule has 2 fully saturated rings. The lowest BCUT2D eigenvalue weighted by atomic mass is 9.94. The number of rotatable bonds is 4. The maximum absolute atomic E-state index is 12.8. The molecule has 5 heteroatoms. The molecule has 5 nitrogen and oxygen atoms in total. The lowest BCUT2D eigenvalue weighted by Gasteiger charge is -2.32. The Bertz CT molecular complexity index is 516. The molecule has 2 heterocycles. The van der Waals surface area contributed by atoms with E-state index in [0.29, 0.717) is 6.04 Å². The summed E-state index contributed by atoms with van der Waals surface area (Å²) in [4.78, 5) is 17.2. The Balaban J connectivity index is 1.57. The predicted molar refractivity (Wildman–Crippen MR) is 89.9 cm³/mol. The van der Waals surface area contributed by atoms with Gasteiger partial charge in [0, 0.05) is 38.3 Å². The van der Waals surface area contributed by atoms with Crippen molar-refractivity contribution >= 4 is 5.91 Å². The van der Waals surface area contributed by atoms with Gasteiger partial charge in [-0.1, -0.05) is 37.3 Å². The summed E-state index contributed by atoms with van der Waals surface area (Å²) in [6, 6.07) is 10.1. The van der Waals surface area contributed by atoms with Crippen LogP contribution in [-0.2, 0) is 9.53 Å². The monoisotopic (exact) mass is 317 g/mol. The van der Waals surface area contributed by atoms with Gasteiger partial charge in [0.25, 0.3) is 0 Å². The highest BCUT2D eigenvalue weighted by Gasteiger charge is 2.34. The molecule has 126 valence electrons. The Morgan fingerprint density at radius 1 is 1.22 bits per heavy atom. The van der Waals surface area contributed by atoms with E-state index in [1.54, 1.807) is 0 Å². The molecule has 1 amide bonds. The number of hydrogen-bond acceptors (Lipinski definition) is 4. The van der Waals surface area contributed by atoms with Crippen molar-refractivity contribution in [2.45, 2.75) is 25.4 Å². The first kappa shape index (κ1) is 16.4. The summed E-state index contributed by atoms with van der Waals surface area (Å²) in [6.45, 7) is 7.18. The van der Waals surface area contributed by atoms with Gasteiger partial charge in [-0.05, 0) is 12.0 Å². The van der Waals surface area contributed by atoms with Gasteiger partial charge in [-0.15, -0.1) is 0 Å². The molecule has 0 radical (unpaired) electrons. The first-order valence-corrected chi connectivity index (χ1v) is 8.58. The average Bonchev–Trinajstić information content (AvgIpc) is 3.11. The highest BCUT2D eigenvalue weighted by molar-refractivity contribution is 5.79. The van der Waals surface area contributed by atoms with E-state index in [2.05, 4.69) is 4.90 Å². The fourth-order valence-corrected chi connectivity index (χ4v) is 3.59. The summed E-state index contributed by atoms with van der Waals surface area (Å²) >= 11 is 0. The molecule has 2 saturated heterocycles. The van der Waals surface area contributed by atoms with Crippen LogP contribution in [-0.4, -0.2) is 61.1 Å². The van der Waals surface area contributed by atoms with Crippen molar-refractivity contribution in [1.82, 2.24) is 9.80 Å². The van der Waals surface area contributed by atoms with Crippen LogP contribution < -0.4 is 5.73 Å². The van der Waals surface area contributed by atoms with Crippen LogP contribution in [0.2, 0.25) is 0 Å². The predicted octanol–water partition coefficient (Wildman–Crippen LogP) is 1.26. The third-order valence-electron chi connectivity index (χ3n) is 5.15. The van der Waals surface area contributed by atoms with Crippen LogP contribution in [0.25, 0.3) is 0 Å². The van der Waals surface area contributed by atoms with Crippen LogP contribution in [0.1, 0.15) is 24.9 Å². The molecular formula is C18H27N3O2. The molecule has 2 N–H and O–H groups in total. The quantitative estimate of drug-likeness (QED) is 0.908. The first-order chi connectivity index (χ1) is 11.2. The van der Waals surface area contributed by atoms with Gasteiger partial charge in [-0.2, -0.15) is 0 Å². The zero-order valence-corrected chi connectivity index (χ0v) is 13.9. The second-order valence-corrected chi connectivity index (χ2v) is 6.60. The number of amides is 1. The van der Waals surface area contributed by atoms with Crippen molar-refractivity contribution in [2.24, 2.45) is 11.7 Å². The minimum absolute atomic E-state index is 0.178. The minimum atomic E-state index is -0.244. The molecule has 0 bridgehead atoms. The Kier molecular flexibility index (Phi) is 5.30. The van der Waals surface area contributed by atoms with Gasteiger partial charge >= 0.3 is 0 Å². The van der Waals surface area contributed by atoms with E-state index in [4.69, 9.17) is 10.5 Å². The highest BCUT2D eigenvalue weighted by atomic mass is 16.5. The number of morpholine rings is 1. The zero-order chi connectivity index (χ0) is 16.2. The Morgan fingerprint density at radius 2 is 1.91 bits per heavy atom. The largest absolute Gasteiger partial charge is 0.379 e. The second-order valence-electron chi connectivity index (χ2n) is 6.60. The summed E-state index contributed by atoms with van der Waals surface area (Å²) in [6.07, 6.45) is 1.05. The first-order valence-electron chi connectivity index (χ1n) is 8.58. The van der Waals surface area contributed by atoms with Crippen molar-refractivity contribution in [1.29, 1.82) is 0 Å². The fourth-order valence-electron chi connectivity index (χ4n) is 3.59. The minimum Gasteiger partial charge on any atom is -0.379 e. The number of nitrogens with zero attached hydrogens (tertiary/aromatic N) is 2. The van der Waals surface area contributed by atoms with Gasteiger partial charge in [0.2, 0.25) is 5.91 Å². The normalized spacial score (nSPS) is 25.3. The van der Waals surface area contributed by atoms with Gasteiger partial charge < -0.3 is 15.4 Å². The average molecular weight is 317 g/mol. The van der Waals surface area contributed by atoms with Crippen LogP contribution in [0, 0.1) is 5.92 Å². The molecular weight excluding hydrogens is 290 g/mol. The number of carbonyl (C=O) groups excluding carboxylic acids is 1. The highest BCUT2D eigenvalue weighted by Crippen LogP contribution is 2.24. The smallest absolute Gasteiger partial charge is 0.227 e. The molecule has 3 rings (SSSR count). The van der Waals surface area contributed by atoms with Gasteiger partial charge in [0.1, 0.15) is 0 Å². The molecule has 0 saturated carbocycles. The second kappa shape index (κ2) is 7.43. The van der Waals surface area contributed by atoms with Crippen LogP contribution in [0.15, 0.2) is 30.3 Å². The molecule has 0 spiro atoms. The van der Waals surface area contributed by atoms with E-state index in [1.165, 1.54) is 0 Å². The Labute approximate surface area is 138 Å². The number of likely N-dealkylation sites (tertiary alicyclic amines) is 1. The Hall–Kier alpha value is -1.43.